The Kier molecular flexibility index (Phi) is 2.95. The zero-order valence-corrected chi connectivity index (χ0v) is 10.6. The van der Waals surface area contributed by atoms with E-state index in [1.807, 2.05) is 12.1 Å². The van der Waals surface area contributed by atoms with Gasteiger partial charge in [-0.25, -0.2) is 4.79 Å². The molecule has 3 rings (SSSR count). The summed E-state index contributed by atoms with van der Waals surface area (Å²) in [6.07, 6.45) is 3.35. The zero-order valence-electron chi connectivity index (χ0n) is 10.6. The fraction of sp³-hybridized carbons (Fsp3) is 0.133. The summed E-state index contributed by atoms with van der Waals surface area (Å²) in [5.74, 6) is -1.34. The maximum Gasteiger partial charge on any atom is 0.327 e. The fourth-order valence-electron chi connectivity index (χ4n) is 2.46. The first-order valence-corrected chi connectivity index (χ1v) is 6.23. The molecular formula is C15H12N2O3. The van der Waals surface area contributed by atoms with E-state index in [1.165, 1.54) is 11.1 Å². The van der Waals surface area contributed by atoms with E-state index < -0.39 is 12.0 Å². The van der Waals surface area contributed by atoms with Crippen LogP contribution in [0.15, 0.2) is 48.8 Å². The van der Waals surface area contributed by atoms with E-state index in [1.54, 1.807) is 30.5 Å². The number of aliphatic carboxylic acids is 1. The Labute approximate surface area is 115 Å². The number of carboxylic acids is 1. The standard InChI is InChI=1S/C15H12N2O3/c18-14(11-5-3-7-16-9-11)17-12-6-2-1-4-10(12)8-13(17)15(19)20/h1-7,9,13H,8H2,(H,19,20)/t13-/m0/s1. The molecule has 1 aliphatic heterocycles. The van der Waals surface area contributed by atoms with E-state index in [0.717, 1.165) is 5.56 Å². The monoisotopic (exact) mass is 268 g/mol. The molecule has 0 radical (unpaired) electrons. The number of carbonyl (C=O) groups excluding carboxylic acids is 1. The van der Waals surface area contributed by atoms with Gasteiger partial charge in [0.05, 0.1) is 5.56 Å². The van der Waals surface area contributed by atoms with Gasteiger partial charge in [0.2, 0.25) is 0 Å². The molecule has 5 nitrogen and oxygen atoms in total. The van der Waals surface area contributed by atoms with Crippen LogP contribution in [-0.4, -0.2) is 28.0 Å². The summed E-state index contributed by atoms with van der Waals surface area (Å²) >= 11 is 0. The van der Waals surface area contributed by atoms with Crippen LogP contribution in [0.5, 0.6) is 0 Å². The molecule has 1 N–H and O–H groups in total. The molecule has 2 heterocycles. The van der Waals surface area contributed by atoms with Crippen LogP contribution < -0.4 is 4.90 Å². The van der Waals surface area contributed by atoms with Crippen LogP contribution in [0.2, 0.25) is 0 Å². The molecule has 1 aromatic carbocycles. The number of carboxylic acid groups (broad SMARTS) is 1. The van der Waals surface area contributed by atoms with Gasteiger partial charge in [0, 0.05) is 24.5 Å². The summed E-state index contributed by atoms with van der Waals surface area (Å²) in [5, 5.41) is 9.34. The molecule has 0 aliphatic carbocycles. The number of aromatic nitrogens is 1. The van der Waals surface area contributed by atoms with E-state index in [0.29, 0.717) is 17.7 Å². The Morgan fingerprint density at radius 2 is 2.00 bits per heavy atom. The number of hydrogen-bond acceptors (Lipinski definition) is 3. The Morgan fingerprint density at radius 3 is 2.70 bits per heavy atom. The number of para-hydroxylation sites is 1. The second-order valence-electron chi connectivity index (χ2n) is 4.60. The van der Waals surface area contributed by atoms with Gasteiger partial charge < -0.3 is 5.11 Å². The molecule has 1 aromatic heterocycles. The van der Waals surface area contributed by atoms with Crippen LogP contribution in [-0.2, 0) is 11.2 Å². The highest BCUT2D eigenvalue weighted by Crippen LogP contribution is 2.33. The first-order chi connectivity index (χ1) is 9.68. The number of anilines is 1. The highest BCUT2D eigenvalue weighted by atomic mass is 16.4. The van der Waals surface area contributed by atoms with Crippen molar-refractivity contribution in [3.05, 3.63) is 59.9 Å². The van der Waals surface area contributed by atoms with Crippen molar-refractivity contribution in [3.8, 4) is 0 Å². The number of rotatable bonds is 2. The molecule has 1 atom stereocenters. The van der Waals surface area contributed by atoms with Gasteiger partial charge in [-0.05, 0) is 23.8 Å². The Balaban J connectivity index is 2.05. The lowest BCUT2D eigenvalue weighted by Gasteiger charge is -2.22. The average molecular weight is 268 g/mol. The lowest BCUT2D eigenvalue weighted by atomic mass is 10.1. The normalized spacial score (nSPS) is 16.8. The second-order valence-corrected chi connectivity index (χ2v) is 4.60. The maximum atomic E-state index is 12.5. The number of carbonyl (C=O) groups is 2. The Morgan fingerprint density at radius 1 is 1.20 bits per heavy atom. The minimum atomic E-state index is -1.00. The highest BCUT2D eigenvalue weighted by Gasteiger charge is 2.38. The van der Waals surface area contributed by atoms with E-state index in [2.05, 4.69) is 4.98 Å². The largest absolute Gasteiger partial charge is 0.480 e. The average Bonchev–Trinajstić information content (AvgIpc) is 2.87. The molecule has 0 fully saturated rings. The topological polar surface area (TPSA) is 70.5 Å². The van der Waals surface area contributed by atoms with Gasteiger partial charge in [0.15, 0.2) is 0 Å². The quantitative estimate of drug-likeness (QED) is 0.900. The van der Waals surface area contributed by atoms with Crippen LogP contribution in [0, 0.1) is 0 Å². The molecule has 20 heavy (non-hydrogen) atoms. The molecule has 0 saturated heterocycles. The number of amides is 1. The molecule has 0 saturated carbocycles. The first-order valence-electron chi connectivity index (χ1n) is 6.23. The van der Waals surface area contributed by atoms with Crippen LogP contribution in [0.3, 0.4) is 0 Å². The summed E-state index contributed by atoms with van der Waals surface area (Å²) in [4.78, 5) is 29.2. The second kappa shape index (κ2) is 4.77. The summed E-state index contributed by atoms with van der Waals surface area (Å²) in [6.45, 7) is 0. The minimum Gasteiger partial charge on any atom is -0.480 e. The van der Waals surface area contributed by atoms with E-state index in [4.69, 9.17) is 0 Å². The molecule has 1 aliphatic rings. The van der Waals surface area contributed by atoms with Crippen LogP contribution in [0.25, 0.3) is 0 Å². The van der Waals surface area contributed by atoms with Crippen molar-refractivity contribution in [2.24, 2.45) is 0 Å². The molecule has 2 aromatic rings. The molecular weight excluding hydrogens is 256 g/mol. The van der Waals surface area contributed by atoms with Gasteiger partial charge in [0.1, 0.15) is 6.04 Å². The SMILES string of the molecule is O=C(O)[C@@H]1Cc2ccccc2N1C(=O)c1cccnc1. The van der Waals surface area contributed by atoms with Gasteiger partial charge in [0.25, 0.3) is 5.91 Å². The van der Waals surface area contributed by atoms with Crippen molar-refractivity contribution >= 4 is 17.6 Å². The Bertz CT molecular complexity index is 670. The summed E-state index contributed by atoms with van der Waals surface area (Å²) in [5.41, 5.74) is 1.92. The summed E-state index contributed by atoms with van der Waals surface area (Å²) in [6, 6.07) is 9.69. The van der Waals surface area contributed by atoms with Crippen molar-refractivity contribution < 1.29 is 14.7 Å². The van der Waals surface area contributed by atoms with Crippen molar-refractivity contribution in [3.63, 3.8) is 0 Å². The van der Waals surface area contributed by atoms with Gasteiger partial charge in [-0.2, -0.15) is 0 Å². The van der Waals surface area contributed by atoms with Crippen molar-refractivity contribution in [2.45, 2.75) is 12.5 Å². The number of nitrogens with zero attached hydrogens (tertiary/aromatic N) is 2. The van der Waals surface area contributed by atoms with Crippen LogP contribution in [0.4, 0.5) is 5.69 Å². The molecule has 5 heteroatoms. The summed E-state index contributed by atoms with van der Waals surface area (Å²) in [7, 11) is 0. The molecule has 0 unspecified atom stereocenters. The number of hydrogen-bond donors (Lipinski definition) is 1. The van der Waals surface area contributed by atoms with E-state index in [-0.39, 0.29) is 5.91 Å². The predicted octanol–water partition coefficient (Wildman–Crippen LogP) is 1.74. The number of fused-ring (bicyclic) bond motifs is 1. The molecule has 0 spiro atoms. The van der Waals surface area contributed by atoms with Gasteiger partial charge in [-0.3, -0.25) is 14.7 Å². The van der Waals surface area contributed by atoms with Crippen LogP contribution in [0.1, 0.15) is 15.9 Å². The first kappa shape index (κ1) is 12.3. The van der Waals surface area contributed by atoms with Crippen molar-refractivity contribution in [1.82, 2.24) is 4.98 Å². The number of pyridine rings is 1. The third-order valence-electron chi connectivity index (χ3n) is 3.39. The molecule has 100 valence electrons. The third kappa shape index (κ3) is 1.93. The van der Waals surface area contributed by atoms with Crippen molar-refractivity contribution in [1.29, 1.82) is 0 Å². The van der Waals surface area contributed by atoms with E-state index >= 15 is 0 Å². The van der Waals surface area contributed by atoms with Crippen molar-refractivity contribution in [2.75, 3.05) is 4.90 Å². The third-order valence-corrected chi connectivity index (χ3v) is 3.39. The lowest BCUT2D eigenvalue weighted by Crippen LogP contribution is -2.42. The van der Waals surface area contributed by atoms with Crippen LogP contribution >= 0.6 is 0 Å². The van der Waals surface area contributed by atoms with Gasteiger partial charge in [-0.15, -0.1) is 0 Å². The molecule has 1 amide bonds. The zero-order chi connectivity index (χ0) is 14.1. The minimum absolute atomic E-state index is 0.331. The van der Waals surface area contributed by atoms with Gasteiger partial charge in [-0.1, -0.05) is 18.2 Å². The summed E-state index contributed by atoms with van der Waals surface area (Å²) < 4.78 is 0. The highest BCUT2D eigenvalue weighted by molar-refractivity contribution is 6.10. The number of benzene rings is 1. The Hall–Kier alpha value is -2.69. The van der Waals surface area contributed by atoms with E-state index in [9.17, 15) is 14.7 Å². The molecule has 0 bridgehead atoms. The fourth-order valence-corrected chi connectivity index (χ4v) is 2.46. The van der Waals surface area contributed by atoms with Gasteiger partial charge >= 0.3 is 5.97 Å². The predicted molar refractivity (Wildman–Crippen MR) is 72.6 cm³/mol. The smallest absolute Gasteiger partial charge is 0.327 e. The lowest BCUT2D eigenvalue weighted by molar-refractivity contribution is -0.138. The maximum absolute atomic E-state index is 12.5.